The van der Waals surface area contributed by atoms with Crippen LogP contribution in [0.3, 0.4) is 0 Å². The molecule has 0 aromatic carbocycles. The van der Waals surface area contributed by atoms with Crippen molar-refractivity contribution in [1.82, 2.24) is 10.6 Å². The van der Waals surface area contributed by atoms with Gasteiger partial charge in [-0.05, 0) is 244 Å². The Bertz CT molecular complexity index is 2690. The average Bonchev–Trinajstić information content (AvgIpc) is 0.908. The average molecular weight is 1280 g/mol. The molecule has 514 valence electrons. The van der Waals surface area contributed by atoms with Gasteiger partial charge in [-0.15, -0.1) is 0 Å². The zero-order valence-electron chi connectivity index (χ0n) is 58.5. The van der Waals surface area contributed by atoms with E-state index in [9.17, 15) is 38.4 Å². The van der Waals surface area contributed by atoms with Gasteiger partial charge in [0.15, 0.2) is 0 Å². The Hall–Kier alpha value is -6.06. The first-order valence-electron chi connectivity index (χ1n) is 34.4. The smallest absolute Gasteiger partial charge is 0.347 e. The molecule has 12 fully saturated rings. The quantitative estimate of drug-likeness (QED) is 0.0532. The van der Waals surface area contributed by atoms with E-state index >= 15 is 0 Å². The number of allylic oxidation sites excluding steroid dienone is 2. The van der Waals surface area contributed by atoms with Gasteiger partial charge in [0.05, 0.1) is 29.5 Å². The summed E-state index contributed by atoms with van der Waals surface area (Å²) in [5.41, 5.74) is 2.22. The van der Waals surface area contributed by atoms with Crippen LogP contribution in [0, 0.1) is 62.6 Å². The third-order valence-electron chi connectivity index (χ3n) is 21.9. The first-order valence-corrected chi connectivity index (χ1v) is 34.4. The van der Waals surface area contributed by atoms with Gasteiger partial charge in [0.25, 0.3) is 5.91 Å². The summed E-state index contributed by atoms with van der Waals surface area (Å²) in [6.45, 7) is 50.5. The van der Waals surface area contributed by atoms with Crippen LogP contribution in [0.25, 0.3) is 0 Å². The topological polar surface area (TPSA) is 216 Å². The molecule has 0 aromatic heterocycles. The van der Waals surface area contributed by atoms with Crippen LogP contribution in [0.2, 0.25) is 0 Å². The molecule has 0 spiro atoms. The van der Waals surface area contributed by atoms with Crippen molar-refractivity contribution in [1.29, 1.82) is 0 Å². The summed E-state index contributed by atoms with van der Waals surface area (Å²) >= 11 is 0. The molecule has 16 nitrogen and oxygen atoms in total. The summed E-state index contributed by atoms with van der Waals surface area (Å²) in [6.07, 6.45) is 29.3. The standard InChI is InChI=1S/C19H31N.C15H21NO2.C13H22O2.C11H16O2.C10H16O4.C8H10O4/c1-6-18(4,5)13(2)20-14(3)19-10-15-7-16(11-19)9-17(8-15)12-19;1-9(2)13(17)16-14(18)15-6-10-3-11(7-15)5-12(4-10)8-15;1-5-12(3,4)11(14)15-13(6-2)9-7-8-10-13;1-4-11(7-5-6-8-11)13-10(12)9(2)3;1-4-10(2,3)9(12)14-7-5-6-13-8(7)11;1-5(2)7(9)12-6-3-4-11-8(6)10/h15-17,20H,2-3,6-12H2,1,4-5H3;10-12H,1,3-8H2,2H3,(H,16,17,18);6H,2,5,7-10H2,1,3-4H3;4H,1-2,5-8H2,3H3;7H,4-6H2,1-3H3;6H,1,3-4H2,2H3. The highest BCUT2D eigenvalue weighted by molar-refractivity contribution is 6.05. The Kier molecular flexibility index (Phi) is 27.0. The second-order valence-electron chi connectivity index (χ2n) is 30.7. The van der Waals surface area contributed by atoms with Gasteiger partial charge in [0, 0.05) is 51.8 Å². The third kappa shape index (κ3) is 20.2. The van der Waals surface area contributed by atoms with Gasteiger partial charge < -0.3 is 33.7 Å². The first-order chi connectivity index (χ1) is 43.0. The second-order valence-corrected chi connectivity index (χ2v) is 30.7. The van der Waals surface area contributed by atoms with Crippen LogP contribution in [0.5, 0.6) is 0 Å². The van der Waals surface area contributed by atoms with Crippen molar-refractivity contribution >= 4 is 47.6 Å². The van der Waals surface area contributed by atoms with Crippen molar-refractivity contribution in [3.05, 3.63) is 86.3 Å². The van der Waals surface area contributed by atoms with Gasteiger partial charge in [-0.25, -0.2) is 19.2 Å². The molecule has 2 atom stereocenters. The minimum absolute atomic E-state index is 0.0328. The van der Waals surface area contributed by atoms with Crippen molar-refractivity contribution in [2.45, 2.75) is 267 Å². The van der Waals surface area contributed by atoms with Crippen molar-refractivity contribution in [2.24, 2.45) is 62.6 Å². The lowest BCUT2D eigenvalue weighted by atomic mass is 9.49. The monoisotopic (exact) mass is 1280 g/mol. The summed E-state index contributed by atoms with van der Waals surface area (Å²) in [5, 5.41) is 6.20. The fraction of sp³-hybridized carbons (Fsp3) is 0.711. The maximum Gasteiger partial charge on any atom is 0.347 e. The lowest BCUT2D eigenvalue weighted by Gasteiger charge is -2.57. The number of hydrogen-bond acceptors (Lipinski definition) is 15. The van der Waals surface area contributed by atoms with Crippen molar-refractivity contribution < 1.29 is 66.8 Å². The molecule has 2 amide bonds. The van der Waals surface area contributed by atoms with Crippen molar-refractivity contribution in [2.75, 3.05) is 13.2 Å². The number of cyclic esters (lactones) is 2. The molecule has 2 N–H and O–H groups in total. The fourth-order valence-corrected chi connectivity index (χ4v) is 15.1. The van der Waals surface area contributed by atoms with Crippen LogP contribution < -0.4 is 10.6 Å². The first kappa shape index (κ1) is 76.7. The maximum absolute atomic E-state index is 12.4. The number of nitrogens with one attached hydrogen (secondary N) is 2. The van der Waals surface area contributed by atoms with Gasteiger partial charge in [-0.1, -0.05) is 80.7 Å². The number of ether oxygens (including phenoxy) is 6. The number of hydrogen-bond donors (Lipinski definition) is 2. The molecule has 8 bridgehead atoms. The number of carbonyl (C=O) groups excluding carboxylic acids is 8. The molecule has 10 aliphatic carbocycles. The summed E-state index contributed by atoms with van der Waals surface area (Å²) in [6, 6.07) is 0. The molecule has 2 saturated heterocycles. The Balaban J connectivity index is 0.000000202. The third-order valence-corrected chi connectivity index (χ3v) is 21.9. The molecule has 12 rings (SSSR count). The molecular formula is C76H116N2O14. The minimum atomic E-state index is -0.728. The van der Waals surface area contributed by atoms with E-state index in [4.69, 9.17) is 23.7 Å². The lowest BCUT2D eigenvalue weighted by molar-refractivity contribution is -0.167. The molecule has 2 aliphatic heterocycles. The van der Waals surface area contributed by atoms with Gasteiger partial charge in [0.2, 0.25) is 18.1 Å². The molecule has 10 saturated carbocycles. The number of amides is 2. The van der Waals surface area contributed by atoms with Crippen LogP contribution in [0.1, 0.15) is 244 Å². The molecule has 92 heavy (non-hydrogen) atoms. The zero-order valence-corrected chi connectivity index (χ0v) is 58.5. The maximum atomic E-state index is 12.4. The summed E-state index contributed by atoms with van der Waals surface area (Å²) < 4.78 is 30.1. The number of carbonyl (C=O) groups is 8. The number of imide groups is 1. The predicted octanol–water partition coefficient (Wildman–Crippen LogP) is 15.4. The number of rotatable bonds is 19. The fourth-order valence-electron chi connectivity index (χ4n) is 15.1. The minimum Gasteiger partial charge on any atom is -0.463 e. The van der Waals surface area contributed by atoms with E-state index in [-0.39, 0.29) is 57.1 Å². The van der Waals surface area contributed by atoms with Crippen molar-refractivity contribution in [3.8, 4) is 0 Å². The molecule has 12 aliphatic rings. The van der Waals surface area contributed by atoms with E-state index in [0.717, 1.165) is 125 Å². The Labute approximate surface area is 551 Å². The summed E-state index contributed by atoms with van der Waals surface area (Å²) in [7, 11) is 0. The predicted molar refractivity (Wildman–Crippen MR) is 358 cm³/mol. The molecule has 2 heterocycles. The van der Waals surface area contributed by atoms with Crippen LogP contribution in [-0.2, 0) is 66.8 Å². The highest BCUT2D eigenvalue weighted by Crippen LogP contribution is 2.63. The Morgan fingerprint density at radius 2 is 0.859 bits per heavy atom. The van der Waals surface area contributed by atoms with Crippen LogP contribution in [0.4, 0.5) is 0 Å². The van der Waals surface area contributed by atoms with E-state index in [2.05, 4.69) is 82.2 Å². The molecule has 16 heteroatoms. The van der Waals surface area contributed by atoms with Gasteiger partial charge >= 0.3 is 35.8 Å². The van der Waals surface area contributed by atoms with Crippen LogP contribution >= 0.6 is 0 Å². The normalized spacial score (nSPS) is 28.6. The SMILES string of the molecule is C=C(C)C(=O)NC(=O)C12CC3CC(CC(C3)C1)C2.C=C(C)C(=O)OC1CCOC1=O.C=C(NC(=C)C12CC3CC(CC(C3)C1)C2)C(C)(C)CC.C=CC1(OC(=O)C(=C)C)CCCC1.C=CC1(OC(=O)C(C)(C)CC)CCCC1.CCC(C)(C)C(=O)OC1CCOC1=O. The highest BCUT2D eigenvalue weighted by Gasteiger charge is 2.55. The summed E-state index contributed by atoms with van der Waals surface area (Å²) in [5.74, 6) is 2.61. The molecule has 0 aromatic rings. The van der Waals surface area contributed by atoms with Crippen LogP contribution in [-0.4, -0.2) is 84.3 Å². The van der Waals surface area contributed by atoms with Crippen LogP contribution in [0.15, 0.2) is 86.3 Å². The Morgan fingerprint density at radius 3 is 1.20 bits per heavy atom. The van der Waals surface area contributed by atoms with Gasteiger partial charge in [-0.2, -0.15) is 0 Å². The highest BCUT2D eigenvalue weighted by atomic mass is 16.6. The Morgan fingerprint density at radius 1 is 0.500 bits per heavy atom. The van der Waals surface area contributed by atoms with Gasteiger partial charge in [-0.3, -0.25) is 24.5 Å². The van der Waals surface area contributed by atoms with Gasteiger partial charge in [0.1, 0.15) is 11.2 Å². The van der Waals surface area contributed by atoms with Crippen molar-refractivity contribution in [3.63, 3.8) is 0 Å². The van der Waals surface area contributed by atoms with E-state index in [1.807, 2.05) is 33.8 Å². The van der Waals surface area contributed by atoms with E-state index < -0.39 is 41.1 Å². The van der Waals surface area contributed by atoms with E-state index in [1.54, 1.807) is 33.8 Å². The number of esters is 6. The van der Waals surface area contributed by atoms with E-state index in [1.165, 1.54) is 70.4 Å². The second kappa shape index (κ2) is 32.4. The lowest BCUT2D eigenvalue weighted by Crippen LogP contribution is -2.54. The summed E-state index contributed by atoms with van der Waals surface area (Å²) in [4.78, 5) is 91.6. The zero-order chi connectivity index (χ0) is 68.8. The largest absolute Gasteiger partial charge is 0.463 e. The molecule has 0 radical (unpaired) electrons. The molecular weight excluding hydrogens is 1160 g/mol. The molecule has 2 unspecified atom stereocenters. The van der Waals surface area contributed by atoms with E-state index in [0.29, 0.717) is 49.0 Å².